The zero-order chi connectivity index (χ0) is 21.3. The van der Waals surface area contributed by atoms with Crippen molar-refractivity contribution in [2.24, 2.45) is 0 Å². The van der Waals surface area contributed by atoms with Crippen LogP contribution in [0, 0.1) is 5.82 Å². The lowest BCUT2D eigenvalue weighted by Crippen LogP contribution is -2.48. The highest BCUT2D eigenvalue weighted by molar-refractivity contribution is 7.99. The van der Waals surface area contributed by atoms with Gasteiger partial charge < -0.3 is 9.64 Å². The molecule has 1 aliphatic rings. The lowest BCUT2D eigenvalue weighted by Gasteiger charge is -2.35. The third kappa shape index (κ3) is 4.24. The molecule has 1 fully saturated rings. The Morgan fingerprint density at radius 1 is 1.13 bits per heavy atom. The highest BCUT2D eigenvalue weighted by Gasteiger charge is 2.26. The van der Waals surface area contributed by atoms with E-state index in [1.54, 1.807) is 23.1 Å². The van der Waals surface area contributed by atoms with E-state index in [2.05, 4.69) is 4.98 Å². The maximum absolute atomic E-state index is 13.4. The number of thioether (sulfide) groups is 1. The van der Waals surface area contributed by atoms with Crippen LogP contribution < -0.4 is 5.56 Å². The minimum Gasteiger partial charge on any atom is -0.372 e. The van der Waals surface area contributed by atoms with Crippen LogP contribution in [-0.4, -0.2) is 51.4 Å². The average molecular weight is 428 g/mol. The molecule has 1 aromatic heterocycles. The first-order valence-electron chi connectivity index (χ1n) is 9.76. The average Bonchev–Trinajstić information content (AvgIpc) is 2.72. The fourth-order valence-electron chi connectivity index (χ4n) is 3.63. The van der Waals surface area contributed by atoms with Gasteiger partial charge in [0.1, 0.15) is 5.82 Å². The van der Waals surface area contributed by atoms with Crippen LogP contribution in [0.1, 0.15) is 13.8 Å². The van der Waals surface area contributed by atoms with E-state index in [4.69, 9.17) is 4.74 Å². The zero-order valence-corrected chi connectivity index (χ0v) is 17.6. The molecule has 0 spiro atoms. The van der Waals surface area contributed by atoms with Gasteiger partial charge in [0.05, 0.1) is 34.6 Å². The number of para-hydroxylation sites is 1. The van der Waals surface area contributed by atoms with E-state index in [1.807, 2.05) is 19.9 Å². The summed E-state index contributed by atoms with van der Waals surface area (Å²) in [6, 6.07) is 12.7. The van der Waals surface area contributed by atoms with Crippen molar-refractivity contribution in [1.82, 2.24) is 14.5 Å². The van der Waals surface area contributed by atoms with E-state index in [1.165, 1.54) is 40.6 Å². The predicted molar refractivity (Wildman–Crippen MR) is 115 cm³/mol. The van der Waals surface area contributed by atoms with E-state index in [0.717, 1.165) is 0 Å². The molecule has 0 N–H and O–H groups in total. The number of fused-ring (bicyclic) bond motifs is 1. The molecule has 2 atom stereocenters. The van der Waals surface area contributed by atoms with E-state index >= 15 is 0 Å². The largest absolute Gasteiger partial charge is 0.372 e. The summed E-state index contributed by atoms with van der Waals surface area (Å²) >= 11 is 1.21. The second-order valence-corrected chi connectivity index (χ2v) is 8.32. The Bertz CT molecular complexity index is 1120. The summed E-state index contributed by atoms with van der Waals surface area (Å²) < 4.78 is 20.5. The number of aromatic nitrogens is 2. The van der Waals surface area contributed by atoms with Crippen molar-refractivity contribution in [3.63, 3.8) is 0 Å². The first-order valence-corrected chi connectivity index (χ1v) is 10.7. The Morgan fingerprint density at radius 2 is 1.80 bits per heavy atom. The minimum absolute atomic E-state index is 0.0149. The Hall–Kier alpha value is -2.71. The van der Waals surface area contributed by atoms with Crippen LogP contribution in [0.15, 0.2) is 58.5 Å². The van der Waals surface area contributed by atoms with Crippen LogP contribution >= 0.6 is 11.8 Å². The van der Waals surface area contributed by atoms with Crippen LogP contribution in [0.4, 0.5) is 4.39 Å². The fraction of sp³-hybridized carbons (Fsp3) is 0.318. The number of hydrogen-bond acceptors (Lipinski definition) is 5. The molecule has 2 unspecified atom stereocenters. The van der Waals surface area contributed by atoms with Crippen molar-refractivity contribution in [3.05, 3.63) is 64.7 Å². The SMILES string of the molecule is CC1CN(C(=O)CSc2nc3ccccc3c(=O)n2-c2ccc(F)cc2)CC(C)O1. The first kappa shape index (κ1) is 20.6. The van der Waals surface area contributed by atoms with Gasteiger partial charge in [-0.3, -0.25) is 14.2 Å². The number of hydrogen-bond donors (Lipinski definition) is 0. The zero-order valence-electron chi connectivity index (χ0n) is 16.7. The molecule has 1 amide bonds. The highest BCUT2D eigenvalue weighted by Crippen LogP contribution is 2.22. The Labute approximate surface area is 177 Å². The monoisotopic (exact) mass is 427 g/mol. The first-order chi connectivity index (χ1) is 14.4. The topological polar surface area (TPSA) is 64.4 Å². The number of carbonyl (C=O) groups is 1. The molecule has 1 saturated heterocycles. The van der Waals surface area contributed by atoms with Crippen molar-refractivity contribution in [2.75, 3.05) is 18.8 Å². The van der Waals surface area contributed by atoms with Crippen molar-refractivity contribution in [3.8, 4) is 5.69 Å². The standard InChI is InChI=1S/C22H22FN3O3S/c1-14-11-25(12-15(2)29-14)20(27)13-30-22-24-19-6-4-3-5-18(19)21(28)26(22)17-9-7-16(23)8-10-17/h3-10,14-15H,11-13H2,1-2H3. The maximum Gasteiger partial charge on any atom is 0.266 e. The molecule has 3 aromatic rings. The molecule has 8 heteroatoms. The van der Waals surface area contributed by atoms with Crippen molar-refractivity contribution < 1.29 is 13.9 Å². The third-order valence-electron chi connectivity index (χ3n) is 4.93. The number of carbonyl (C=O) groups excluding carboxylic acids is 1. The van der Waals surface area contributed by atoms with Crippen LogP contribution in [0.2, 0.25) is 0 Å². The van der Waals surface area contributed by atoms with Crippen molar-refractivity contribution >= 4 is 28.6 Å². The number of benzene rings is 2. The molecule has 4 rings (SSSR count). The summed E-state index contributed by atoms with van der Waals surface area (Å²) in [5.74, 6) is -0.277. The van der Waals surface area contributed by atoms with Gasteiger partial charge in [-0.25, -0.2) is 9.37 Å². The van der Waals surface area contributed by atoms with Gasteiger partial charge in [0.25, 0.3) is 5.56 Å². The molecule has 0 saturated carbocycles. The van der Waals surface area contributed by atoms with Crippen molar-refractivity contribution in [2.45, 2.75) is 31.2 Å². The molecular weight excluding hydrogens is 405 g/mol. The summed E-state index contributed by atoms with van der Waals surface area (Å²) in [4.78, 5) is 32.4. The second-order valence-electron chi connectivity index (χ2n) is 7.37. The molecule has 30 heavy (non-hydrogen) atoms. The summed E-state index contributed by atoms with van der Waals surface area (Å²) in [6.07, 6.45) is -0.0298. The lowest BCUT2D eigenvalue weighted by atomic mass is 10.2. The van der Waals surface area contributed by atoms with Crippen LogP contribution in [0.5, 0.6) is 0 Å². The highest BCUT2D eigenvalue weighted by atomic mass is 32.2. The third-order valence-corrected chi connectivity index (χ3v) is 5.85. The summed E-state index contributed by atoms with van der Waals surface area (Å²) in [6.45, 7) is 4.97. The van der Waals surface area contributed by atoms with Crippen LogP contribution in [-0.2, 0) is 9.53 Å². The molecule has 156 valence electrons. The van der Waals surface area contributed by atoms with E-state index < -0.39 is 0 Å². The van der Waals surface area contributed by atoms with Gasteiger partial charge in [-0.15, -0.1) is 0 Å². The molecule has 0 radical (unpaired) electrons. The molecular formula is C22H22FN3O3S. The van der Waals surface area contributed by atoms with Gasteiger partial charge in [0.2, 0.25) is 5.91 Å². The van der Waals surface area contributed by atoms with Gasteiger partial charge in [0.15, 0.2) is 5.16 Å². The van der Waals surface area contributed by atoms with Crippen molar-refractivity contribution in [1.29, 1.82) is 0 Å². The van der Waals surface area contributed by atoms with Gasteiger partial charge in [-0.05, 0) is 50.2 Å². The molecule has 6 nitrogen and oxygen atoms in total. The molecule has 1 aliphatic heterocycles. The maximum atomic E-state index is 13.4. The fourth-order valence-corrected chi connectivity index (χ4v) is 4.54. The summed E-state index contributed by atoms with van der Waals surface area (Å²) in [5, 5.41) is 0.862. The number of rotatable bonds is 4. The summed E-state index contributed by atoms with van der Waals surface area (Å²) in [5.41, 5.74) is 0.809. The molecule has 2 heterocycles. The van der Waals surface area contributed by atoms with Crippen LogP contribution in [0.3, 0.4) is 0 Å². The van der Waals surface area contributed by atoms with Gasteiger partial charge >= 0.3 is 0 Å². The Balaban J connectivity index is 1.67. The number of morpholine rings is 1. The number of halogens is 1. The van der Waals surface area contributed by atoms with Gasteiger partial charge in [0, 0.05) is 13.1 Å². The normalized spacial score (nSPS) is 19.2. The number of nitrogens with zero attached hydrogens (tertiary/aromatic N) is 3. The molecule has 0 aliphatic carbocycles. The van der Waals surface area contributed by atoms with E-state index in [-0.39, 0.29) is 35.2 Å². The molecule has 0 bridgehead atoms. The second kappa shape index (κ2) is 8.57. The Kier molecular flexibility index (Phi) is 5.87. The lowest BCUT2D eigenvalue weighted by molar-refractivity contribution is -0.140. The number of ether oxygens (including phenoxy) is 1. The minimum atomic E-state index is -0.388. The van der Waals surface area contributed by atoms with Gasteiger partial charge in [-0.2, -0.15) is 0 Å². The Morgan fingerprint density at radius 3 is 2.50 bits per heavy atom. The molecule has 2 aromatic carbocycles. The number of amides is 1. The van der Waals surface area contributed by atoms with E-state index in [9.17, 15) is 14.0 Å². The quantitative estimate of drug-likeness (QED) is 0.472. The van der Waals surface area contributed by atoms with E-state index in [0.29, 0.717) is 34.8 Å². The van der Waals surface area contributed by atoms with Gasteiger partial charge in [-0.1, -0.05) is 23.9 Å². The predicted octanol–water partition coefficient (Wildman–Crippen LogP) is 3.25. The van der Waals surface area contributed by atoms with Crippen LogP contribution in [0.25, 0.3) is 16.6 Å². The smallest absolute Gasteiger partial charge is 0.266 e. The summed E-state index contributed by atoms with van der Waals surface area (Å²) in [7, 11) is 0.